The van der Waals surface area contributed by atoms with Crippen LogP contribution in [-0.2, 0) is 4.79 Å². The number of hydrogen-bond acceptors (Lipinski definition) is 6. The largest absolute Gasteiger partial charge is 0.497 e. The molecule has 6 nitrogen and oxygen atoms in total. The lowest BCUT2D eigenvalue weighted by atomic mass is 10.1. The van der Waals surface area contributed by atoms with Crippen molar-refractivity contribution in [1.29, 1.82) is 0 Å². The fourth-order valence-electron chi connectivity index (χ4n) is 2.47. The molecule has 2 N–H and O–H groups in total. The number of thiazole rings is 1. The molecule has 7 heteroatoms. The molecule has 3 aromatic rings. The number of rotatable bonds is 6. The van der Waals surface area contributed by atoms with Gasteiger partial charge in [-0.1, -0.05) is 6.07 Å². The van der Waals surface area contributed by atoms with Crippen LogP contribution in [0.3, 0.4) is 0 Å². The summed E-state index contributed by atoms with van der Waals surface area (Å²) in [4.78, 5) is 15.8. The average molecular weight is 369 g/mol. The monoisotopic (exact) mass is 369 g/mol. The first kappa shape index (κ1) is 17.8. The second kappa shape index (κ2) is 7.88. The van der Waals surface area contributed by atoms with Crippen LogP contribution in [0, 0.1) is 0 Å². The zero-order valence-corrected chi connectivity index (χ0v) is 15.5. The molecule has 0 aliphatic heterocycles. The molecule has 0 unspecified atom stereocenters. The SMILES string of the molecule is COc1ccc(-c2csc(Nc3cccc(NC(C)=O)c3)n2)c(OC)c1. The Morgan fingerprint density at radius 2 is 1.88 bits per heavy atom. The van der Waals surface area contributed by atoms with Crippen LogP contribution in [-0.4, -0.2) is 25.1 Å². The molecule has 0 radical (unpaired) electrons. The highest BCUT2D eigenvalue weighted by Crippen LogP contribution is 2.35. The smallest absolute Gasteiger partial charge is 0.221 e. The lowest BCUT2D eigenvalue weighted by Crippen LogP contribution is -2.05. The summed E-state index contributed by atoms with van der Waals surface area (Å²) in [6, 6.07) is 13.1. The van der Waals surface area contributed by atoms with Crippen LogP contribution in [0.4, 0.5) is 16.5 Å². The molecule has 1 heterocycles. The Labute approximate surface area is 155 Å². The molecule has 0 aliphatic carbocycles. The number of ether oxygens (including phenoxy) is 2. The Morgan fingerprint density at radius 3 is 2.62 bits per heavy atom. The Balaban J connectivity index is 1.81. The quantitative estimate of drug-likeness (QED) is 0.668. The van der Waals surface area contributed by atoms with Gasteiger partial charge in [0.05, 0.1) is 19.9 Å². The van der Waals surface area contributed by atoms with Crippen LogP contribution in [0.15, 0.2) is 47.8 Å². The van der Waals surface area contributed by atoms with E-state index in [0.29, 0.717) is 5.75 Å². The lowest BCUT2D eigenvalue weighted by molar-refractivity contribution is -0.114. The second-order valence-corrected chi connectivity index (χ2v) is 6.35. The van der Waals surface area contributed by atoms with Gasteiger partial charge >= 0.3 is 0 Å². The van der Waals surface area contributed by atoms with E-state index in [9.17, 15) is 4.79 Å². The van der Waals surface area contributed by atoms with Crippen molar-refractivity contribution in [3.63, 3.8) is 0 Å². The zero-order chi connectivity index (χ0) is 18.5. The molecule has 26 heavy (non-hydrogen) atoms. The summed E-state index contributed by atoms with van der Waals surface area (Å²) in [5.74, 6) is 1.33. The van der Waals surface area contributed by atoms with Crippen molar-refractivity contribution in [1.82, 2.24) is 4.98 Å². The summed E-state index contributed by atoms with van der Waals surface area (Å²) in [7, 11) is 3.24. The van der Waals surface area contributed by atoms with E-state index in [1.165, 1.54) is 18.3 Å². The van der Waals surface area contributed by atoms with Crippen LogP contribution in [0.1, 0.15) is 6.92 Å². The molecule has 2 aromatic carbocycles. The third-order valence-corrected chi connectivity index (χ3v) is 4.38. The molecule has 3 rings (SSSR count). The average Bonchev–Trinajstić information content (AvgIpc) is 3.09. The van der Waals surface area contributed by atoms with E-state index < -0.39 is 0 Å². The molecular formula is C19H19N3O3S. The van der Waals surface area contributed by atoms with Crippen LogP contribution in [0.25, 0.3) is 11.3 Å². The topological polar surface area (TPSA) is 72.5 Å². The summed E-state index contributed by atoms with van der Waals surface area (Å²) >= 11 is 1.49. The van der Waals surface area contributed by atoms with Crippen molar-refractivity contribution in [3.8, 4) is 22.8 Å². The van der Waals surface area contributed by atoms with E-state index in [1.807, 2.05) is 47.8 Å². The van der Waals surface area contributed by atoms with E-state index >= 15 is 0 Å². The van der Waals surface area contributed by atoms with Crippen LogP contribution >= 0.6 is 11.3 Å². The Hall–Kier alpha value is -3.06. The normalized spacial score (nSPS) is 10.3. The number of aromatic nitrogens is 1. The highest BCUT2D eigenvalue weighted by Gasteiger charge is 2.11. The highest BCUT2D eigenvalue weighted by atomic mass is 32.1. The Kier molecular flexibility index (Phi) is 5.38. The number of hydrogen-bond donors (Lipinski definition) is 2. The molecule has 0 aliphatic rings. The number of amides is 1. The first-order valence-corrected chi connectivity index (χ1v) is 8.79. The molecule has 0 saturated heterocycles. The number of methoxy groups -OCH3 is 2. The van der Waals surface area contributed by atoms with Gasteiger partial charge in [0.15, 0.2) is 5.13 Å². The number of carbonyl (C=O) groups is 1. The van der Waals surface area contributed by atoms with E-state index in [0.717, 1.165) is 33.5 Å². The Bertz CT molecular complexity index is 924. The maximum Gasteiger partial charge on any atom is 0.221 e. The molecular weight excluding hydrogens is 350 g/mol. The molecule has 0 saturated carbocycles. The van der Waals surface area contributed by atoms with E-state index in [-0.39, 0.29) is 5.91 Å². The summed E-state index contributed by atoms with van der Waals surface area (Å²) in [6.45, 7) is 1.48. The summed E-state index contributed by atoms with van der Waals surface area (Å²) in [6.07, 6.45) is 0. The summed E-state index contributed by atoms with van der Waals surface area (Å²) < 4.78 is 10.7. The Morgan fingerprint density at radius 1 is 1.08 bits per heavy atom. The van der Waals surface area contributed by atoms with E-state index in [4.69, 9.17) is 9.47 Å². The van der Waals surface area contributed by atoms with E-state index in [2.05, 4.69) is 15.6 Å². The first-order valence-electron chi connectivity index (χ1n) is 7.91. The third kappa shape index (κ3) is 4.12. The number of nitrogens with zero attached hydrogens (tertiary/aromatic N) is 1. The number of benzene rings is 2. The predicted octanol–water partition coefficient (Wildman–Crippen LogP) is 4.53. The molecule has 0 atom stereocenters. The van der Waals surface area contributed by atoms with Crippen LogP contribution < -0.4 is 20.1 Å². The standard InChI is InChI=1S/C19H19N3O3S/c1-12(23)20-13-5-4-6-14(9-13)21-19-22-17(11-26-19)16-8-7-15(24-2)10-18(16)25-3/h4-11H,1-3H3,(H,20,23)(H,21,22). The van der Waals surface area contributed by atoms with Gasteiger partial charge in [0.1, 0.15) is 11.5 Å². The number of anilines is 3. The second-order valence-electron chi connectivity index (χ2n) is 5.49. The fourth-order valence-corrected chi connectivity index (χ4v) is 3.20. The summed E-state index contributed by atoms with van der Waals surface area (Å²) in [5.41, 5.74) is 3.29. The molecule has 1 aromatic heterocycles. The molecule has 1 amide bonds. The van der Waals surface area contributed by atoms with Gasteiger partial charge in [-0.15, -0.1) is 11.3 Å². The molecule has 0 spiro atoms. The van der Waals surface area contributed by atoms with Gasteiger partial charge in [0.2, 0.25) is 5.91 Å². The minimum atomic E-state index is -0.106. The predicted molar refractivity (Wildman–Crippen MR) is 105 cm³/mol. The van der Waals surface area contributed by atoms with Crippen LogP contribution in [0.5, 0.6) is 11.5 Å². The van der Waals surface area contributed by atoms with Gasteiger partial charge in [-0.05, 0) is 30.3 Å². The molecule has 0 fully saturated rings. The van der Waals surface area contributed by atoms with Gasteiger partial charge in [-0.3, -0.25) is 4.79 Å². The van der Waals surface area contributed by atoms with Crippen molar-refractivity contribution in [2.24, 2.45) is 0 Å². The minimum absolute atomic E-state index is 0.106. The zero-order valence-electron chi connectivity index (χ0n) is 14.7. The number of nitrogens with one attached hydrogen (secondary N) is 2. The van der Waals surface area contributed by atoms with Crippen molar-refractivity contribution in [3.05, 3.63) is 47.8 Å². The van der Waals surface area contributed by atoms with Gasteiger partial charge < -0.3 is 20.1 Å². The lowest BCUT2D eigenvalue weighted by Gasteiger charge is -2.08. The van der Waals surface area contributed by atoms with Crippen molar-refractivity contribution < 1.29 is 14.3 Å². The third-order valence-electron chi connectivity index (χ3n) is 3.62. The fraction of sp³-hybridized carbons (Fsp3) is 0.158. The maximum absolute atomic E-state index is 11.2. The van der Waals surface area contributed by atoms with Crippen LogP contribution in [0.2, 0.25) is 0 Å². The van der Waals surface area contributed by atoms with Crippen molar-refractivity contribution in [2.75, 3.05) is 24.9 Å². The minimum Gasteiger partial charge on any atom is -0.497 e. The van der Waals surface area contributed by atoms with E-state index in [1.54, 1.807) is 14.2 Å². The highest BCUT2D eigenvalue weighted by molar-refractivity contribution is 7.14. The summed E-state index contributed by atoms with van der Waals surface area (Å²) in [5, 5.41) is 8.73. The maximum atomic E-state index is 11.2. The first-order chi connectivity index (χ1) is 12.6. The van der Waals surface area contributed by atoms with Gasteiger partial charge in [-0.2, -0.15) is 0 Å². The molecule has 134 valence electrons. The molecule has 0 bridgehead atoms. The van der Waals surface area contributed by atoms with Gasteiger partial charge in [-0.25, -0.2) is 4.98 Å². The van der Waals surface area contributed by atoms with Crippen molar-refractivity contribution in [2.45, 2.75) is 6.92 Å². The number of carbonyl (C=O) groups excluding carboxylic acids is 1. The van der Waals surface area contributed by atoms with Gasteiger partial charge in [0.25, 0.3) is 0 Å². The van der Waals surface area contributed by atoms with Crippen molar-refractivity contribution >= 4 is 33.8 Å². The van der Waals surface area contributed by atoms with Gasteiger partial charge in [0, 0.05) is 35.3 Å².